The zero-order valence-corrected chi connectivity index (χ0v) is 10.6. The Bertz CT molecular complexity index is 425. The zero-order chi connectivity index (χ0) is 12.2. The number of sulfone groups is 1. The number of rotatable bonds is 6. The first-order valence-corrected chi connectivity index (χ1v) is 7.29. The Hall–Kier alpha value is -0.880. The Kier molecular flexibility index (Phi) is 4.49. The Morgan fingerprint density at radius 1 is 1.50 bits per heavy atom. The van der Waals surface area contributed by atoms with E-state index in [1.54, 1.807) is 17.8 Å². The molecule has 1 rings (SSSR count). The van der Waals surface area contributed by atoms with Gasteiger partial charge in [-0.15, -0.1) is 0 Å². The summed E-state index contributed by atoms with van der Waals surface area (Å²) < 4.78 is 24.2. The van der Waals surface area contributed by atoms with Gasteiger partial charge in [0.25, 0.3) is 0 Å². The second kappa shape index (κ2) is 5.45. The standard InChI is InChI=1S/C10H19N3O2S/c1-3-10(11)9-7-12-13(8-9)5-6-16(14,15)4-2/h7-8,10H,3-6,11H2,1-2H3. The molecule has 0 bridgehead atoms. The van der Waals surface area contributed by atoms with Crippen LogP contribution in [0.5, 0.6) is 0 Å². The topological polar surface area (TPSA) is 78.0 Å². The molecule has 0 aliphatic rings. The number of hydrogen-bond acceptors (Lipinski definition) is 4. The van der Waals surface area contributed by atoms with Crippen molar-refractivity contribution in [3.05, 3.63) is 18.0 Å². The van der Waals surface area contributed by atoms with Gasteiger partial charge in [0, 0.05) is 23.6 Å². The van der Waals surface area contributed by atoms with Crippen molar-refractivity contribution in [3.63, 3.8) is 0 Å². The van der Waals surface area contributed by atoms with Crippen LogP contribution in [-0.2, 0) is 16.4 Å². The van der Waals surface area contributed by atoms with Crippen molar-refractivity contribution >= 4 is 9.84 Å². The summed E-state index contributed by atoms with van der Waals surface area (Å²) in [6, 6.07) is -0.0171. The molecule has 1 aromatic rings. The highest BCUT2D eigenvalue weighted by atomic mass is 32.2. The Morgan fingerprint density at radius 2 is 2.19 bits per heavy atom. The van der Waals surface area contributed by atoms with Gasteiger partial charge in [-0.3, -0.25) is 4.68 Å². The molecule has 0 aromatic carbocycles. The highest BCUT2D eigenvalue weighted by Gasteiger charge is 2.10. The maximum atomic E-state index is 11.3. The first-order valence-electron chi connectivity index (χ1n) is 5.47. The fraction of sp³-hybridized carbons (Fsp3) is 0.700. The predicted molar refractivity (Wildman–Crippen MR) is 63.8 cm³/mol. The molecule has 0 amide bonds. The van der Waals surface area contributed by atoms with Gasteiger partial charge in [0.15, 0.2) is 9.84 Å². The average molecular weight is 245 g/mol. The third-order valence-corrected chi connectivity index (χ3v) is 4.28. The molecule has 0 saturated carbocycles. The van der Waals surface area contributed by atoms with Gasteiger partial charge in [-0.05, 0) is 6.42 Å². The van der Waals surface area contributed by atoms with E-state index in [4.69, 9.17) is 5.73 Å². The molecule has 1 aromatic heterocycles. The van der Waals surface area contributed by atoms with E-state index in [9.17, 15) is 8.42 Å². The maximum absolute atomic E-state index is 11.3. The van der Waals surface area contributed by atoms with E-state index in [0.717, 1.165) is 12.0 Å². The molecule has 5 nitrogen and oxygen atoms in total. The van der Waals surface area contributed by atoms with Gasteiger partial charge in [0.05, 0.1) is 18.5 Å². The van der Waals surface area contributed by atoms with Crippen molar-refractivity contribution in [2.45, 2.75) is 32.9 Å². The second-order valence-electron chi connectivity index (χ2n) is 3.79. The fourth-order valence-corrected chi connectivity index (χ4v) is 2.06. The molecular formula is C10H19N3O2S. The summed E-state index contributed by atoms with van der Waals surface area (Å²) in [5.74, 6) is 0.307. The SMILES string of the molecule is CCC(N)c1cnn(CCS(=O)(=O)CC)c1. The van der Waals surface area contributed by atoms with Crippen LogP contribution in [0.4, 0.5) is 0 Å². The molecule has 16 heavy (non-hydrogen) atoms. The molecule has 2 N–H and O–H groups in total. The lowest BCUT2D eigenvalue weighted by Crippen LogP contribution is -2.15. The van der Waals surface area contributed by atoms with Crippen molar-refractivity contribution in [1.29, 1.82) is 0 Å². The summed E-state index contributed by atoms with van der Waals surface area (Å²) in [7, 11) is -2.93. The van der Waals surface area contributed by atoms with E-state index in [-0.39, 0.29) is 17.5 Å². The lowest BCUT2D eigenvalue weighted by atomic mass is 10.1. The molecule has 1 unspecified atom stereocenters. The minimum absolute atomic E-state index is 0.0171. The summed E-state index contributed by atoms with van der Waals surface area (Å²) in [6.45, 7) is 4.05. The van der Waals surface area contributed by atoms with E-state index in [1.165, 1.54) is 0 Å². The van der Waals surface area contributed by atoms with E-state index in [1.807, 2.05) is 13.1 Å². The highest BCUT2D eigenvalue weighted by Crippen LogP contribution is 2.11. The number of aromatic nitrogens is 2. The largest absolute Gasteiger partial charge is 0.324 e. The fourth-order valence-electron chi connectivity index (χ4n) is 1.31. The molecule has 0 saturated heterocycles. The van der Waals surface area contributed by atoms with Crippen LogP contribution in [-0.4, -0.2) is 29.7 Å². The number of aryl methyl sites for hydroxylation is 1. The summed E-state index contributed by atoms with van der Waals surface area (Å²) >= 11 is 0. The van der Waals surface area contributed by atoms with Gasteiger partial charge in [-0.25, -0.2) is 8.42 Å². The van der Waals surface area contributed by atoms with Crippen LogP contribution in [0.15, 0.2) is 12.4 Å². The van der Waals surface area contributed by atoms with Gasteiger partial charge >= 0.3 is 0 Å². The van der Waals surface area contributed by atoms with Crippen LogP contribution >= 0.6 is 0 Å². The Labute approximate surface area is 96.6 Å². The molecule has 92 valence electrons. The first kappa shape index (κ1) is 13.2. The molecule has 1 atom stereocenters. The van der Waals surface area contributed by atoms with Crippen LogP contribution in [0, 0.1) is 0 Å². The first-order chi connectivity index (χ1) is 7.48. The Balaban J connectivity index is 2.60. The van der Waals surface area contributed by atoms with Crippen LogP contribution in [0.2, 0.25) is 0 Å². The molecule has 6 heteroatoms. The quantitative estimate of drug-likeness (QED) is 0.801. The van der Waals surface area contributed by atoms with Crippen LogP contribution in [0.25, 0.3) is 0 Å². The smallest absolute Gasteiger partial charge is 0.151 e. The van der Waals surface area contributed by atoms with Gasteiger partial charge in [0.1, 0.15) is 0 Å². The van der Waals surface area contributed by atoms with Crippen LogP contribution in [0.3, 0.4) is 0 Å². The lowest BCUT2D eigenvalue weighted by Gasteiger charge is -2.04. The van der Waals surface area contributed by atoms with Crippen molar-refractivity contribution in [3.8, 4) is 0 Å². The molecule has 0 aliphatic carbocycles. The average Bonchev–Trinajstić information content (AvgIpc) is 2.74. The molecule has 0 fully saturated rings. The number of hydrogen-bond donors (Lipinski definition) is 1. The predicted octanol–water partition coefficient (Wildman–Crippen LogP) is 0.728. The lowest BCUT2D eigenvalue weighted by molar-refractivity contribution is 0.581. The normalized spacial score (nSPS) is 13.9. The third-order valence-electron chi connectivity index (χ3n) is 2.59. The van der Waals surface area contributed by atoms with E-state index in [2.05, 4.69) is 5.10 Å². The van der Waals surface area contributed by atoms with Crippen molar-refractivity contribution in [2.75, 3.05) is 11.5 Å². The van der Waals surface area contributed by atoms with Crippen LogP contribution < -0.4 is 5.73 Å². The summed E-state index contributed by atoms with van der Waals surface area (Å²) in [5.41, 5.74) is 6.80. The van der Waals surface area contributed by atoms with Gasteiger partial charge in [0.2, 0.25) is 0 Å². The van der Waals surface area contributed by atoms with Gasteiger partial charge in [-0.2, -0.15) is 5.10 Å². The summed E-state index contributed by atoms with van der Waals surface area (Å²) in [5, 5.41) is 4.09. The Morgan fingerprint density at radius 3 is 2.75 bits per heavy atom. The maximum Gasteiger partial charge on any atom is 0.151 e. The van der Waals surface area contributed by atoms with Crippen molar-refractivity contribution in [2.24, 2.45) is 5.73 Å². The molecule has 1 heterocycles. The van der Waals surface area contributed by atoms with Crippen molar-refractivity contribution < 1.29 is 8.42 Å². The zero-order valence-electron chi connectivity index (χ0n) is 9.76. The minimum atomic E-state index is -2.93. The molecule has 0 aliphatic heterocycles. The highest BCUT2D eigenvalue weighted by molar-refractivity contribution is 7.91. The molecular weight excluding hydrogens is 226 g/mol. The van der Waals surface area contributed by atoms with Gasteiger partial charge < -0.3 is 5.73 Å². The van der Waals surface area contributed by atoms with Crippen molar-refractivity contribution in [1.82, 2.24) is 9.78 Å². The molecule has 0 spiro atoms. The van der Waals surface area contributed by atoms with E-state index in [0.29, 0.717) is 6.54 Å². The van der Waals surface area contributed by atoms with Gasteiger partial charge in [-0.1, -0.05) is 13.8 Å². The third kappa shape index (κ3) is 3.61. The number of nitrogens with zero attached hydrogens (tertiary/aromatic N) is 2. The monoisotopic (exact) mass is 245 g/mol. The minimum Gasteiger partial charge on any atom is -0.324 e. The number of nitrogens with two attached hydrogens (primary N) is 1. The molecule has 0 radical (unpaired) electrons. The van der Waals surface area contributed by atoms with E-state index >= 15 is 0 Å². The summed E-state index contributed by atoms with van der Waals surface area (Å²) in [4.78, 5) is 0. The van der Waals surface area contributed by atoms with E-state index < -0.39 is 9.84 Å². The summed E-state index contributed by atoms with van der Waals surface area (Å²) in [6.07, 6.45) is 4.37. The van der Waals surface area contributed by atoms with Crippen LogP contribution in [0.1, 0.15) is 31.9 Å². The second-order valence-corrected chi connectivity index (χ2v) is 6.26.